The molecule has 1 saturated carbocycles. The molecule has 0 saturated heterocycles. The lowest BCUT2D eigenvalue weighted by Crippen LogP contribution is -2.12. The lowest BCUT2D eigenvalue weighted by molar-refractivity contribution is -0.147. The number of halogens is 3. The minimum absolute atomic E-state index is 0.128. The largest absolute Gasteiger partial charge is 0.457 e. The minimum atomic E-state index is -4.45. The predicted molar refractivity (Wildman–Crippen MR) is 96.0 cm³/mol. The number of anilines is 1. The molecule has 2 N–H and O–H groups in total. The molecule has 1 heterocycles. The first-order valence-electron chi connectivity index (χ1n) is 8.68. The van der Waals surface area contributed by atoms with Crippen molar-refractivity contribution in [2.24, 2.45) is 5.92 Å². The maximum absolute atomic E-state index is 13.2. The Hall–Kier alpha value is -3.16. The monoisotopic (exact) mass is 387 g/mol. The van der Waals surface area contributed by atoms with Crippen LogP contribution in [0.15, 0.2) is 48.5 Å². The van der Waals surface area contributed by atoms with E-state index in [-0.39, 0.29) is 23.8 Å². The first-order chi connectivity index (χ1) is 13.3. The van der Waals surface area contributed by atoms with Crippen LogP contribution in [0.4, 0.5) is 19.0 Å². The van der Waals surface area contributed by atoms with Crippen LogP contribution in [-0.2, 0) is 22.3 Å². The maximum Gasteiger partial charge on any atom is 0.416 e. The summed E-state index contributed by atoms with van der Waals surface area (Å²) >= 11 is 0. The van der Waals surface area contributed by atoms with E-state index in [1.807, 2.05) is 6.07 Å². The summed E-state index contributed by atoms with van der Waals surface area (Å²) in [6.45, 7) is -0.183. The number of carbonyl (C=O) groups is 1. The number of carbonyl (C=O) groups excluding carboxylic acids is 1. The highest BCUT2D eigenvalue weighted by Gasteiger charge is 2.48. The molecule has 0 aliphatic heterocycles. The molecule has 2 unspecified atom stereocenters. The van der Waals surface area contributed by atoms with Gasteiger partial charge in [-0.15, -0.1) is 0 Å². The van der Waals surface area contributed by atoms with Gasteiger partial charge >= 0.3 is 12.1 Å². The molecule has 1 aliphatic carbocycles. The van der Waals surface area contributed by atoms with Gasteiger partial charge < -0.3 is 10.5 Å². The van der Waals surface area contributed by atoms with Crippen molar-refractivity contribution in [2.75, 3.05) is 5.73 Å². The Balaban J connectivity index is 1.44. The Morgan fingerprint density at radius 1 is 1.11 bits per heavy atom. The van der Waals surface area contributed by atoms with Crippen LogP contribution in [-0.4, -0.2) is 15.9 Å². The van der Waals surface area contributed by atoms with Gasteiger partial charge in [0.05, 0.1) is 17.0 Å². The van der Waals surface area contributed by atoms with Crippen LogP contribution < -0.4 is 5.73 Å². The normalized spacial score (nSPS) is 18.8. The second-order valence-corrected chi connectivity index (χ2v) is 6.68. The molecule has 3 aromatic rings. The third-order valence-electron chi connectivity index (χ3n) is 4.78. The first kappa shape index (κ1) is 18.2. The fourth-order valence-electron chi connectivity index (χ4n) is 3.34. The Labute approximate surface area is 158 Å². The molecule has 2 atom stereocenters. The SMILES string of the molecule is Nc1nc(COC(=O)C2CC2c2ccccc2C(F)(F)F)nc2ccccc12. The number of rotatable bonds is 4. The molecule has 28 heavy (non-hydrogen) atoms. The Morgan fingerprint density at radius 3 is 2.61 bits per heavy atom. The summed E-state index contributed by atoms with van der Waals surface area (Å²) in [5, 5.41) is 0.698. The van der Waals surface area contributed by atoms with Crippen LogP contribution in [0.1, 0.15) is 29.3 Å². The van der Waals surface area contributed by atoms with Gasteiger partial charge in [-0.3, -0.25) is 4.79 Å². The summed E-state index contributed by atoms with van der Waals surface area (Å²) in [6, 6.07) is 12.5. The highest BCUT2D eigenvalue weighted by molar-refractivity contribution is 5.87. The van der Waals surface area contributed by atoms with E-state index in [1.165, 1.54) is 18.2 Å². The molecule has 0 spiro atoms. The fraction of sp³-hybridized carbons (Fsp3) is 0.250. The van der Waals surface area contributed by atoms with Crippen molar-refractivity contribution in [3.8, 4) is 0 Å². The van der Waals surface area contributed by atoms with Crippen molar-refractivity contribution in [1.82, 2.24) is 9.97 Å². The topological polar surface area (TPSA) is 78.1 Å². The minimum Gasteiger partial charge on any atom is -0.457 e. The van der Waals surface area contributed by atoms with Gasteiger partial charge in [0, 0.05) is 5.39 Å². The number of benzene rings is 2. The van der Waals surface area contributed by atoms with E-state index in [0.717, 1.165) is 6.07 Å². The van der Waals surface area contributed by atoms with Crippen LogP contribution in [0.25, 0.3) is 10.9 Å². The first-order valence-corrected chi connectivity index (χ1v) is 8.68. The molecule has 144 valence electrons. The lowest BCUT2D eigenvalue weighted by Gasteiger charge is -2.12. The molecule has 4 rings (SSSR count). The molecule has 0 amide bonds. The Bertz CT molecular complexity index is 1050. The van der Waals surface area contributed by atoms with E-state index >= 15 is 0 Å². The van der Waals surface area contributed by atoms with Gasteiger partial charge in [0.25, 0.3) is 0 Å². The van der Waals surface area contributed by atoms with Crippen molar-refractivity contribution in [2.45, 2.75) is 25.1 Å². The number of alkyl halides is 3. The molecule has 1 aromatic heterocycles. The highest BCUT2D eigenvalue weighted by Crippen LogP contribution is 2.51. The zero-order chi connectivity index (χ0) is 19.9. The number of fused-ring (bicyclic) bond motifs is 1. The number of nitrogen functional groups attached to an aromatic ring is 1. The summed E-state index contributed by atoms with van der Waals surface area (Å²) in [5.41, 5.74) is 5.94. The van der Waals surface area contributed by atoms with Gasteiger partial charge in [-0.1, -0.05) is 30.3 Å². The van der Waals surface area contributed by atoms with Crippen molar-refractivity contribution < 1.29 is 22.7 Å². The number of hydrogen-bond acceptors (Lipinski definition) is 5. The van der Waals surface area contributed by atoms with Crippen LogP contribution in [0.3, 0.4) is 0 Å². The molecular formula is C20H16F3N3O2. The zero-order valence-electron chi connectivity index (χ0n) is 14.6. The average molecular weight is 387 g/mol. The summed E-state index contributed by atoms with van der Waals surface area (Å²) in [4.78, 5) is 20.7. The number of esters is 1. The second-order valence-electron chi connectivity index (χ2n) is 6.68. The van der Waals surface area contributed by atoms with E-state index in [2.05, 4.69) is 9.97 Å². The molecular weight excluding hydrogens is 371 g/mol. The quantitative estimate of drug-likeness (QED) is 0.683. The number of hydrogen-bond donors (Lipinski definition) is 1. The fourth-order valence-corrected chi connectivity index (χ4v) is 3.34. The van der Waals surface area contributed by atoms with Crippen molar-refractivity contribution in [3.05, 3.63) is 65.5 Å². The van der Waals surface area contributed by atoms with Gasteiger partial charge in [-0.2, -0.15) is 13.2 Å². The summed E-state index contributed by atoms with van der Waals surface area (Å²) in [6.07, 6.45) is -4.13. The van der Waals surface area contributed by atoms with Gasteiger partial charge in [0.2, 0.25) is 0 Å². The summed E-state index contributed by atoms with van der Waals surface area (Å²) in [5.74, 6) is -1.12. The molecule has 8 heteroatoms. The van der Waals surface area contributed by atoms with Gasteiger partial charge in [-0.05, 0) is 36.1 Å². The zero-order valence-corrected chi connectivity index (χ0v) is 14.6. The van der Waals surface area contributed by atoms with Crippen LogP contribution in [0, 0.1) is 5.92 Å². The van der Waals surface area contributed by atoms with Crippen molar-refractivity contribution in [1.29, 1.82) is 0 Å². The maximum atomic E-state index is 13.2. The standard InChI is InChI=1S/C20H16F3N3O2/c21-20(22,23)15-7-3-1-5-11(15)13-9-14(13)19(27)28-10-17-25-16-8-4-2-6-12(16)18(24)26-17/h1-8,13-14H,9-10H2,(H2,24,25,26). The molecule has 0 radical (unpaired) electrons. The summed E-state index contributed by atoms with van der Waals surface area (Å²) < 4.78 is 44.7. The molecule has 5 nitrogen and oxygen atoms in total. The Morgan fingerprint density at radius 2 is 1.82 bits per heavy atom. The number of nitrogens with two attached hydrogens (primary N) is 1. The van der Waals surface area contributed by atoms with Crippen LogP contribution >= 0.6 is 0 Å². The summed E-state index contributed by atoms with van der Waals surface area (Å²) in [7, 11) is 0. The number of para-hydroxylation sites is 1. The predicted octanol–water partition coefficient (Wildman–Crippen LogP) is 4.08. The van der Waals surface area contributed by atoms with Gasteiger partial charge in [-0.25, -0.2) is 9.97 Å². The van der Waals surface area contributed by atoms with Crippen molar-refractivity contribution in [3.63, 3.8) is 0 Å². The third-order valence-corrected chi connectivity index (χ3v) is 4.78. The van der Waals surface area contributed by atoms with E-state index in [9.17, 15) is 18.0 Å². The number of ether oxygens (including phenoxy) is 1. The van der Waals surface area contributed by atoms with E-state index in [4.69, 9.17) is 10.5 Å². The van der Waals surface area contributed by atoms with E-state index in [0.29, 0.717) is 17.3 Å². The molecule has 0 bridgehead atoms. The van der Waals surface area contributed by atoms with E-state index in [1.54, 1.807) is 18.2 Å². The molecule has 1 fully saturated rings. The highest BCUT2D eigenvalue weighted by atomic mass is 19.4. The average Bonchev–Trinajstić information content (AvgIpc) is 3.46. The number of nitrogens with zero attached hydrogens (tertiary/aromatic N) is 2. The third kappa shape index (κ3) is 3.49. The van der Waals surface area contributed by atoms with Gasteiger partial charge in [0.15, 0.2) is 12.4 Å². The van der Waals surface area contributed by atoms with Crippen LogP contribution in [0.2, 0.25) is 0 Å². The van der Waals surface area contributed by atoms with Crippen molar-refractivity contribution >= 4 is 22.7 Å². The Kier molecular flexibility index (Phi) is 4.41. The number of aromatic nitrogens is 2. The molecule has 2 aromatic carbocycles. The van der Waals surface area contributed by atoms with Crippen LogP contribution in [0.5, 0.6) is 0 Å². The van der Waals surface area contributed by atoms with E-state index < -0.39 is 29.5 Å². The lowest BCUT2D eigenvalue weighted by atomic mass is 10.0. The smallest absolute Gasteiger partial charge is 0.416 e. The second kappa shape index (κ2) is 6.78. The molecule has 1 aliphatic rings. The van der Waals surface area contributed by atoms with Gasteiger partial charge in [0.1, 0.15) is 5.82 Å².